The third kappa shape index (κ3) is 20.9. The summed E-state index contributed by atoms with van der Waals surface area (Å²) in [6.07, 6.45) is 0.448. The van der Waals surface area contributed by atoms with E-state index in [9.17, 15) is 14.4 Å². The number of methoxy groups -OCH3 is 2. The molecule has 16 nitrogen and oxygen atoms in total. The van der Waals surface area contributed by atoms with E-state index in [0.717, 1.165) is 127 Å². The van der Waals surface area contributed by atoms with Crippen molar-refractivity contribution in [1.29, 1.82) is 0 Å². The van der Waals surface area contributed by atoms with Crippen molar-refractivity contribution in [3.8, 4) is 34.5 Å². The first-order valence-corrected chi connectivity index (χ1v) is 31.1. The normalized spacial score (nSPS) is 14.4. The molecule has 0 aliphatic carbocycles. The second kappa shape index (κ2) is 36.8. The average Bonchev–Trinajstić information content (AvgIpc) is 0.964. The summed E-state index contributed by atoms with van der Waals surface area (Å²) in [5.41, 5.74) is 11.8. The molecule has 0 unspecified atom stereocenters. The van der Waals surface area contributed by atoms with Gasteiger partial charge in [0, 0.05) is 39.3 Å². The molecule has 2 N–H and O–H groups in total. The Balaban J connectivity index is 0.000000195. The largest absolute Gasteiger partial charge is 0.485 e. The monoisotopic (exact) mass is 1290 g/mol. The number of rotatable bonds is 20. The van der Waals surface area contributed by atoms with Gasteiger partial charge in [-0.2, -0.15) is 0 Å². The molecule has 3 heterocycles. The van der Waals surface area contributed by atoms with Crippen molar-refractivity contribution in [3.63, 3.8) is 0 Å². The fourth-order valence-electron chi connectivity index (χ4n) is 10.5. The number of nitrogens with one attached hydrogen (secondary N) is 1. The number of carboxylic acids is 1. The van der Waals surface area contributed by atoms with E-state index in [1.54, 1.807) is 24.3 Å². The van der Waals surface area contributed by atoms with Gasteiger partial charge in [-0.3, -0.25) is 9.80 Å². The van der Waals surface area contributed by atoms with Crippen LogP contribution in [0.4, 0.5) is 0 Å². The van der Waals surface area contributed by atoms with Gasteiger partial charge in [0.05, 0.1) is 30.9 Å². The second-order valence-electron chi connectivity index (χ2n) is 22.1. The molecule has 496 valence electrons. The molecule has 0 saturated carbocycles. The Hall–Kier alpha value is -10.3. The topological polar surface area (TPSA) is 181 Å². The number of hydrogen-bond acceptors (Lipinski definition) is 15. The first kappa shape index (κ1) is 72.2. The molecule has 0 radical (unpaired) electrons. The molecule has 0 amide bonds. The fraction of sp³-hybridized carbons (Fsp3) is 0.266. The number of esters is 2. The molecule has 0 saturated heterocycles. The summed E-state index contributed by atoms with van der Waals surface area (Å²) < 4.78 is 45.2. The van der Waals surface area contributed by atoms with Gasteiger partial charge in [-0.25, -0.2) is 14.4 Å². The molecule has 16 heteroatoms. The molecule has 0 bridgehead atoms. The molecular formula is C79H87N3O13. The zero-order chi connectivity index (χ0) is 65.3. The Morgan fingerprint density at radius 2 is 0.674 bits per heavy atom. The molecule has 3 atom stereocenters. The van der Waals surface area contributed by atoms with Gasteiger partial charge in [0.15, 0.2) is 52.8 Å². The van der Waals surface area contributed by atoms with Crippen molar-refractivity contribution >= 4 is 24.2 Å². The van der Waals surface area contributed by atoms with Gasteiger partial charge in [0.1, 0.15) is 26.1 Å². The van der Waals surface area contributed by atoms with E-state index < -0.39 is 5.97 Å². The lowest BCUT2D eigenvalue weighted by molar-refractivity contribution is -0.106. The van der Waals surface area contributed by atoms with Crippen LogP contribution >= 0.6 is 0 Å². The molecule has 0 fully saturated rings. The summed E-state index contributed by atoms with van der Waals surface area (Å²) in [6, 6.07) is 70.7. The second-order valence-corrected chi connectivity index (χ2v) is 22.1. The van der Waals surface area contributed by atoms with Crippen LogP contribution in [0.15, 0.2) is 218 Å². The van der Waals surface area contributed by atoms with E-state index in [4.69, 9.17) is 47.8 Å². The standard InChI is InChI=1S/C26H27NO4.C25H25NO4.C24H23NO4.C2H4O.2CH4/c1-3-27(17-20-10-14-22(15-11-20)26(28)29-2)16-19-8-12-21(13-9-19)25-18-30-23-6-4-5-7-24(23)31-25;1-2-26(16-19-9-13-21(14-10-19)25(27)28)15-18-7-11-20(12-8-18)24-17-29-22-5-3-4-6-23(22)30-24;1-27-24(26)20-12-8-18(9-13-20)15-25-14-17-6-10-19(11-7-17)23-16-28-21-4-2-3-5-22(21)29-23;1-2-3;;/h4-15,25H,3,16-18H2,1-2H3;3-14,24H,2,15-17H2,1H3,(H,27,28);2-13,23,25H,14-16H2,1H3;2H,1H3;2*1H4/t25-;24-;23-;;;/m111.../s1. The van der Waals surface area contributed by atoms with Crippen LogP contribution in [-0.4, -0.2) is 86.2 Å². The summed E-state index contributed by atoms with van der Waals surface area (Å²) in [5, 5.41) is 12.5. The molecule has 12 rings (SSSR count). The predicted octanol–water partition coefficient (Wildman–Crippen LogP) is 15.7. The minimum Gasteiger partial charge on any atom is -0.485 e. The van der Waals surface area contributed by atoms with E-state index in [-0.39, 0.29) is 45.1 Å². The van der Waals surface area contributed by atoms with E-state index in [0.29, 0.717) is 36.5 Å². The Bertz CT molecular complexity index is 3830. The van der Waals surface area contributed by atoms with Crippen LogP contribution in [0.2, 0.25) is 0 Å². The summed E-state index contributed by atoms with van der Waals surface area (Å²) in [4.78, 5) is 47.6. The lowest BCUT2D eigenvalue weighted by Gasteiger charge is -2.27. The SMILES string of the molecule is C.C.CC=O.CCN(Cc1ccc(C(=O)O)cc1)Cc1ccc([C@H]2COc3ccccc3O2)cc1.CCN(Cc1ccc(C(=O)OC)cc1)Cc1ccc([C@H]2COc3ccccc3O2)cc1.COC(=O)c1ccc(CNCc2ccc([C@H]3COc4ccccc4O3)cc2)cc1. The third-order valence-electron chi connectivity index (χ3n) is 15.7. The maximum Gasteiger partial charge on any atom is 0.337 e. The van der Waals surface area contributed by atoms with Crippen molar-refractivity contribution in [1.82, 2.24) is 15.1 Å². The Morgan fingerprint density at radius 3 is 0.947 bits per heavy atom. The van der Waals surface area contributed by atoms with Gasteiger partial charge in [0.25, 0.3) is 0 Å². The highest BCUT2D eigenvalue weighted by atomic mass is 16.6. The highest BCUT2D eigenvalue weighted by Crippen LogP contribution is 2.38. The summed E-state index contributed by atoms with van der Waals surface area (Å²) in [5.74, 6) is 3.22. The van der Waals surface area contributed by atoms with Gasteiger partial charge < -0.3 is 53.1 Å². The van der Waals surface area contributed by atoms with Crippen molar-refractivity contribution < 1.29 is 62.2 Å². The molecule has 9 aromatic carbocycles. The molecule has 0 spiro atoms. The average molecular weight is 1290 g/mol. The van der Waals surface area contributed by atoms with E-state index in [1.807, 2.05) is 121 Å². The van der Waals surface area contributed by atoms with Gasteiger partial charge >= 0.3 is 17.9 Å². The van der Waals surface area contributed by atoms with Crippen LogP contribution in [0, 0.1) is 0 Å². The van der Waals surface area contributed by atoms with Gasteiger partial charge in [-0.05, 0) is 143 Å². The zero-order valence-corrected chi connectivity index (χ0v) is 53.1. The van der Waals surface area contributed by atoms with Crippen LogP contribution in [0.1, 0.15) is 135 Å². The maximum atomic E-state index is 11.6. The van der Waals surface area contributed by atoms with Gasteiger partial charge in [0.2, 0.25) is 0 Å². The molecule has 3 aliphatic heterocycles. The molecule has 0 aromatic heterocycles. The van der Waals surface area contributed by atoms with Crippen LogP contribution in [0.5, 0.6) is 34.5 Å². The molecular weight excluding hydrogens is 1200 g/mol. The first-order valence-electron chi connectivity index (χ1n) is 31.1. The Morgan fingerprint density at radius 1 is 0.421 bits per heavy atom. The number of fused-ring (bicyclic) bond motifs is 3. The number of aromatic carboxylic acids is 1. The summed E-state index contributed by atoms with van der Waals surface area (Å²) in [6.45, 7) is 13.8. The Labute approximate surface area is 558 Å². The van der Waals surface area contributed by atoms with E-state index in [2.05, 4.69) is 102 Å². The van der Waals surface area contributed by atoms with Crippen LogP contribution < -0.4 is 33.7 Å². The van der Waals surface area contributed by atoms with Gasteiger partial charge in [-0.15, -0.1) is 0 Å². The highest BCUT2D eigenvalue weighted by Gasteiger charge is 2.25. The van der Waals surface area contributed by atoms with Crippen molar-refractivity contribution in [2.45, 2.75) is 93.2 Å². The number of aldehydes is 1. The van der Waals surface area contributed by atoms with Crippen molar-refractivity contribution in [3.05, 3.63) is 285 Å². The quantitative estimate of drug-likeness (QED) is 0.0543. The van der Waals surface area contributed by atoms with Crippen LogP contribution in [-0.2, 0) is 53.5 Å². The number of hydrogen-bond donors (Lipinski definition) is 2. The van der Waals surface area contributed by atoms with Gasteiger partial charge in [-0.1, -0.05) is 174 Å². The van der Waals surface area contributed by atoms with Crippen LogP contribution in [0.25, 0.3) is 0 Å². The smallest absolute Gasteiger partial charge is 0.337 e. The zero-order valence-electron chi connectivity index (χ0n) is 53.1. The third-order valence-corrected chi connectivity index (χ3v) is 15.7. The number of carboxylic acid groups (broad SMARTS) is 1. The number of ether oxygens (including phenoxy) is 8. The van der Waals surface area contributed by atoms with Crippen molar-refractivity contribution in [2.75, 3.05) is 47.1 Å². The fourth-order valence-corrected chi connectivity index (χ4v) is 10.5. The molecule has 9 aromatic rings. The predicted molar refractivity (Wildman–Crippen MR) is 370 cm³/mol. The van der Waals surface area contributed by atoms with Crippen LogP contribution in [0.3, 0.4) is 0 Å². The minimum atomic E-state index is -0.898. The highest BCUT2D eigenvalue weighted by molar-refractivity contribution is 5.90. The van der Waals surface area contributed by atoms with Crippen molar-refractivity contribution in [2.24, 2.45) is 0 Å². The lowest BCUT2D eigenvalue weighted by Crippen LogP contribution is -2.23. The maximum absolute atomic E-state index is 11.6. The van der Waals surface area contributed by atoms with E-state index in [1.165, 1.54) is 37.8 Å². The number of carbonyl (C=O) groups excluding carboxylic acids is 3. The van der Waals surface area contributed by atoms with E-state index >= 15 is 0 Å². The Kier molecular flexibility index (Phi) is 28.0. The lowest BCUT2D eigenvalue weighted by atomic mass is 10.1. The summed E-state index contributed by atoms with van der Waals surface area (Å²) >= 11 is 0. The molecule has 3 aliphatic rings. The number of para-hydroxylation sites is 6. The number of benzene rings is 9. The summed E-state index contributed by atoms with van der Waals surface area (Å²) in [7, 11) is 2.78. The molecule has 95 heavy (non-hydrogen) atoms. The minimum absolute atomic E-state index is 0. The number of carbonyl (C=O) groups is 4. The number of nitrogens with zero attached hydrogens (tertiary/aromatic N) is 2. The first-order chi connectivity index (χ1) is 45.4.